The lowest BCUT2D eigenvalue weighted by Gasteiger charge is -2.22. The Balaban J connectivity index is 3.34. The Morgan fingerprint density at radius 2 is 1.71 bits per heavy atom. The van der Waals surface area contributed by atoms with Crippen LogP contribution in [0.25, 0.3) is 0 Å². The van der Waals surface area contributed by atoms with Gasteiger partial charge in [0.2, 0.25) is 0 Å². The molecule has 0 heterocycles. The van der Waals surface area contributed by atoms with Crippen molar-refractivity contribution in [3.8, 4) is 0 Å². The molecule has 3 nitrogen and oxygen atoms in total. The number of hydrogen-bond acceptors (Lipinski definition) is 3. The van der Waals surface area contributed by atoms with E-state index >= 15 is 0 Å². The molecule has 0 saturated carbocycles. The number of unbranched alkanes of at least 4 members (excludes halogenated alkanes) is 3. The summed E-state index contributed by atoms with van der Waals surface area (Å²) >= 11 is 0. The summed E-state index contributed by atoms with van der Waals surface area (Å²) in [4.78, 5) is 0. The van der Waals surface area contributed by atoms with E-state index in [2.05, 4.69) is 18.8 Å². The zero-order valence-corrected chi connectivity index (χ0v) is 11.1. The molecular formula is C10H25NO2Si. The third-order valence-electron chi connectivity index (χ3n) is 2.52. The molecule has 0 spiro atoms. The van der Waals surface area contributed by atoms with Crippen LogP contribution < -0.4 is 5.32 Å². The Morgan fingerprint density at radius 1 is 1.07 bits per heavy atom. The molecule has 0 rings (SSSR count). The average molecular weight is 219 g/mol. The fourth-order valence-electron chi connectivity index (χ4n) is 1.22. The van der Waals surface area contributed by atoms with E-state index in [1.165, 1.54) is 25.7 Å². The van der Waals surface area contributed by atoms with Crippen LogP contribution in [-0.2, 0) is 8.85 Å². The van der Waals surface area contributed by atoms with E-state index in [4.69, 9.17) is 8.85 Å². The molecule has 0 aromatic rings. The molecule has 0 saturated heterocycles. The number of nitrogens with one attached hydrogen (secondary N) is 1. The molecule has 86 valence electrons. The van der Waals surface area contributed by atoms with Gasteiger partial charge in [-0.15, -0.1) is 0 Å². The minimum Gasteiger partial charge on any atom is -0.397 e. The highest BCUT2D eigenvalue weighted by molar-refractivity contribution is 6.66. The van der Waals surface area contributed by atoms with Crippen molar-refractivity contribution in [3.05, 3.63) is 0 Å². The van der Waals surface area contributed by atoms with E-state index in [-0.39, 0.29) is 0 Å². The maximum absolute atomic E-state index is 5.37. The van der Waals surface area contributed by atoms with Crippen LogP contribution in [0.1, 0.15) is 32.6 Å². The minimum absolute atomic E-state index is 0.881. The predicted octanol–water partition coefficient (Wildman–Crippen LogP) is 2.06. The zero-order valence-electron chi connectivity index (χ0n) is 10.1. The summed E-state index contributed by atoms with van der Waals surface area (Å²) in [6, 6.07) is 0. The average Bonchev–Trinajstić information content (AvgIpc) is 2.23. The number of rotatable bonds is 9. The van der Waals surface area contributed by atoms with E-state index < -0.39 is 8.56 Å². The fraction of sp³-hybridized carbons (Fsp3) is 1.00. The largest absolute Gasteiger partial charge is 0.397 e. The lowest BCUT2D eigenvalue weighted by atomic mass is 10.2. The Kier molecular flexibility index (Phi) is 8.47. The first-order valence-corrected chi connectivity index (χ1v) is 8.02. The van der Waals surface area contributed by atoms with Crippen LogP contribution >= 0.6 is 0 Å². The predicted molar refractivity (Wildman–Crippen MR) is 62.6 cm³/mol. The Hall–Kier alpha value is 0.0969. The van der Waals surface area contributed by atoms with Crippen molar-refractivity contribution in [2.24, 2.45) is 0 Å². The molecule has 0 aliphatic rings. The van der Waals surface area contributed by atoms with Gasteiger partial charge in [0.1, 0.15) is 0 Å². The molecule has 1 N–H and O–H groups in total. The maximum Gasteiger partial charge on any atom is 0.348 e. The van der Waals surface area contributed by atoms with Crippen LogP contribution in [0, 0.1) is 0 Å². The van der Waals surface area contributed by atoms with Crippen molar-refractivity contribution in [2.75, 3.05) is 26.9 Å². The molecule has 0 bridgehead atoms. The van der Waals surface area contributed by atoms with Gasteiger partial charge in [0.05, 0.1) is 0 Å². The van der Waals surface area contributed by atoms with Crippen LogP contribution in [0.15, 0.2) is 0 Å². The summed E-state index contributed by atoms with van der Waals surface area (Å²) < 4.78 is 10.7. The van der Waals surface area contributed by atoms with Gasteiger partial charge in [0, 0.05) is 20.4 Å². The van der Waals surface area contributed by atoms with Crippen molar-refractivity contribution >= 4 is 8.56 Å². The van der Waals surface area contributed by atoms with E-state index in [0.29, 0.717) is 0 Å². The molecule has 4 heteroatoms. The lowest BCUT2D eigenvalue weighted by Crippen LogP contribution is -2.47. The van der Waals surface area contributed by atoms with Crippen LogP contribution in [0.3, 0.4) is 0 Å². The topological polar surface area (TPSA) is 30.5 Å². The van der Waals surface area contributed by atoms with Gasteiger partial charge in [-0.3, -0.25) is 0 Å². The van der Waals surface area contributed by atoms with Crippen LogP contribution in [0.2, 0.25) is 6.55 Å². The zero-order chi connectivity index (χ0) is 10.9. The molecule has 0 aromatic heterocycles. The third-order valence-corrected chi connectivity index (χ3v) is 5.14. The highest BCUT2D eigenvalue weighted by Crippen LogP contribution is 2.02. The summed E-state index contributed by atoms with van der Waals surface area (Å²) in [5, 5.41) is 3.40. The van der Waals surface area contributed by atoms with Crippen molar-refractivity contribution in [1.29, 1.82) is 0 Å². The molecule has 0 amide bonds. The van der Waals surface area contributed by atoms with Gasteiger partial charge in [0.25, 0.3) is 0 Å². The highest BCUT2D eigenvalue weighted by Gasteiger charge is 2.27. The molecule has 0 atom stereocenters. The Morgan fingerprint density at radius 3 is 2.21 bits per heavy atom. The number of hydrogen-bond donors (Lipinski definition) is 1. The van der Waals surface area contributed by atoms with Gasteiger partial charge < -0.3 is 14.2 Å². The normalized spacial score (nSPS) is 12.0. The van der Waals surface area contributed by atoms with Crippen LogP contribution in [-0.4, -0.2) is 35.5 Å². The quantitative estimate of drug-likeness (QED) is 0.476. The molecule has 0 fully saturated rings. The van der Waals surface area contributed by atoms with Gasteiger partial charge in [-0.25, -0.2) is 0 Å². The second-order valence-electron chi connectivity index (χ2n) is 3.78. The van der Waals surface area contributed by atoms with Gasteiger partial charge in [-0.2, -0.15) is 0 Å². The third kappa shape index (κ3) is 6.54. The summed E-state index contributed by atoms with van der Waals surface area (Å²) in [6.07, 6.45) is 6.09. The molecule has 0 radical (unpaired) electrons. The molecule has 0 aliphatic carbocycles. The molecule has 14 heavy (non-hydrogen) atoms. The summed E-state index contributed by atoms with van der Waals surface area (Å²) in [6.45, 7) is 5.38. The van der Waals surface area contributed by atoms with E-state index in [0.717, 1.165) is 12.7 Å². The molecule has 0 unspecified atom stereocenters. The summed E-state index contributed by atoms with van der Waals surface area (Å²) in [5.41, 5.74) is 0. The lowest BCUT2D eigenvalue weighted by molar-refractivity contribution is 0.247. The maximum atomic E-state index is 5.37. The van der Waals surface area contributed by atoms with Crippen molar-refractivity contribution in [3.63, 3.8) is 0 Å². The standard InChI is InChI=1S/C10H25NO2Si/c1-5-6-7-8-9-11-10-14(4,12-2)13-3/h11H,5-10H2,1-4H3. The van der Waals surface area contributed by atoms with Crippen molar-refractivity contribution in [1.82, 2.24) is 5.32 Å². The Bertz CT molecular complexity index is 129. The van der Waals surface area contributed by atoms with Gasteiger partial charge >= 0.3 is 8.56 Å². The first-order chi connectivity index (χ1) is 6.68. The first-order valence-electron chi connectivity index (χ1n) is 5.49. The minimum atomic E-state index is -1.88. The molecule has 0 aliphatic heterocycles. The second-order valence-corrected chi connectivity index (χ2v) is 7.22. The summed E-state index contributed by atoms with van der Waals surface area (Å²) in [5.74, 6) is 0. The first kappa shape index (κ1) is 14.1. The SMILES string of the molecule is CCCCCCNC[Si](C)(OC)OC. The van der Waals surface area contributed by atoms with Crippen molar-refractivity contribution in [2.45, 2.75) is 39.2 Å². The van der Waals surface area contributed by atoms with E-state index in [1.807, 2.05) is 0 Å². The van der Waals surface area contributed by atoms with E-state index in [1.54, 1.807) is 14.2 Å². The van der Waals surface area contributed by atoms with Crippen LogP contribution in [0.5, 0.6) is 0 Å². The van der Waals surface area contributed by atoms with Gasteiger partial charge in [-0.1, -0.05) is 26.2 Å². The fourth-order valence-corrected chi connectivity index (χ4v) is 2.31. The molecule has 0 aromatic carbocycles. The smallest absolute Gasteiger partial charge is 0.348 e. The summed E-state index contributed by atoms with van der Waals surface area (Å²) in [7, 11) is 1.58. The van der Waals surface area contributed by atoms with Gasteiger partial charge in [0.15, 0.2) is 0 Å². The monoisotopic (exact) mass is 219 g/mol. The van der Waals surface area contributed by atoms with Gasteiger partial charge in [-0.05, 0) is 19.5 Å². The molecular weight excluding hydrogens is 194 g/mol. The Labute approximate surface area is 89.4 Å². The second kappa shape index (κ2) is 8.41. The van der Waals surface area contributed by atoms with E-state index in [9.17, 15) is 0 Å². The van der Waals surface area contributed by atoms with Crippen LogP contribution in [0.4, 0.5) is 0 Å². The highest BCUT2D eigenvalue weighted by atomic mass is 28.4. The van der Waals surface area contributed by atoms with Crippen molar-refractivity contribution < 1.29 is 8.85 Å².